The molecular formula is C19H18N2O4. The molecule has 1 amide bonds. The summed E-state index contributed by atoms with van der Waals surface area (Å²) in [7, 11) is 3.14. The van der Waals surface area contributed by atoms with E-state index in [1.54, 1.807) is 26.5 Å². The minimum absolute atomic E-state index is 0.151. The largest absolute Gasteiger partial charge is 0.493 e. The number of benzene rings is 2. The second-order valence-corrected chi connectivity index (χ2v) is 5.30. The van der Waals surface area contributed by atoms with Crippen LogP contribution in [0.15, 0.2) is 53.1 Å². The van der Waals surface area contributed by atoms with E-state index in [0.29, 0.717) is 34.4 Å². The fourth-order valence-corrected chi connectivity index (χ4v) is 2.58. The Balaban J connectivity index is 2.04. The smallest absolute Gasteiger partial charge is 0.230 e. The summed E-state index contributed by atoms with van der Waals surface area (Å²) in [4.78, 5) is 15.7. The number of hydrogen-bond acceptors (Lipinski definition) is 5. The number of anilines is 1. The monoisotopic (exact) mass is 338 g/mol. The number of carbonyl (C=O) groups is 1. The van der Waals surface area contributed by atoms with Gasteiger partial charge in [0.05, 0.1) is 31.7 Å². The molecule has 0 aliphatic heterocycles. The van der Waals surface area contributed by atoms with Crippen LogP contribution in [0.5, 0.6) is 11.5 Å². The summed E-state index contributed by atoms with van der Waals surface area (Å²) in [5.74, 6) is 1.95. The van der Waals surface area contributed by atoms with Crippen molar-refractivity contribution in [1.29, 1.82) is 0 Å². The Hall–Kier alpha value is -3.28. The number of oxazole rings is 1. The molecule has 0 saturated heterocycles. The number of ether oxygens (including phenoxy) is 2. The van der Waals surface area contributed by atoms with Gasteiger partial charge in [0.1, 0.15) is 0 Å². The molecule has 0 radical (unpaired) electrons. The maximum atomic E-state index is 11.4. The Labute approximate surface area is 145 Å². The number of carbonyl (C=O) groups excluding carboxylic acids is 1. The number of nitrogens with zero attached hydrogens (tertiary/aromatic N) is 1. The first-order chi connectivity index (χ1) is 12.1. The third-order valence-electron chi connectivity index (χ3n) is 3.64. The van der Waals surface area contributed by atoms with Crippen molar-refractivity contribution >= 4 is 11.6 Å². The molecule has 1 heterocycles. The molecule has 0 aliphatic carbocycles. The summed E-state index contributed by atoms with van der Waals surface area (Å²) in [5.41, 5.74) is 2.10. The molecule has 0 aliphatic rings. The quantitative estimate of drug-likeness (QED) is 0.761. The molecule has 128 valence electrons. The maximum absolute atomic E-state index is 11.4. The number of para-hydroxylation sites is 2. The highest BCUT2D eigenvalue weighted by Gasteiger charge is 2.17. The first-order valence-corrected chi connectivity index (χ1v) is 7.68. The van der Waals surface area contributed by atoms with E-state index in [1.807, 2.05) is 36.4 Å². The highest BCUT2D eigenvalue weighted by atomic mass is 16.5. The van der Waals surface area contributed by atoms with Crippen LogP contribution in [0.1, 0.15) is 6.92 Å². The Bertz CT molecular complexity index is 902. The SMILES string of the molecule is COc1cccc(-c2ncc(-c3ccccc3NC(C)=O)o2)c1OC. The highest BCUT2D eigenvalue weighted by molar-refractivity contribution is 5.93. The number of nitrogens with one attached hydrogen (secondary N) is 1. The van der Waals surface area contributed by atoms with E-state index in [4.69, 9.17) is 13.9 Å². The third kappa shape index (κ3) is 3.33. The fourth-order valence-electron chi connectivity index (χ4n) is 2.58. The van der Waals surface area contributed by atoms with Crippen LogP contribution < -0.4 is 14.8 Å². The van der Waals surface area contributed by atoms with Crippen LogP contribution >= 0.6 is 0 Å². The predicted octanol–water partition coefficient (Wildman–Crippen LogP) is 3.98. The van der Waals surface area contributed by atoms with Gasteiger partial charge in [0.2, 0.25) is 11.8 Å². The van der Waals surface area contributed by atoms with Crippen LogP contribution in [-0.4, -0.2) is 25.1 Å². The van der Waals surface area contributed by atoms with Crippen molar-refractivity contribution in [3.8, 4) is 34.3 Å². The Morgan fingerprint density at radius 1 is 1.04 bits per heavy atom. The number of methoxy groups -OCH3 is 2. The van der Waals surface area contributed by atoms with Crippen molar-refractivity contribution in [2.24, 2.45) is 0 Å². The molecule has 1 N–H and O–H groups in total. The van der Waals surface area contributed by atoms with E-state index in [9.17, 15) is 4.79 Å². The van der Waals surface area contributed by atoms with E-state index < -0.39 is 0 Å². The molecule has 0 spiro atoms. The summed E-state index contributed by atoms with van der Waals surface area (Å²) >= 11 is 0. The van der Waals surface area contributed by atoms with E-state index in [0.717, 1.165) is 5.56 Å². The van der Waals surface area contributed by atoms with Crippen LogP contribution in [0, 0.1) is 0 Å². The maximum Gasteiger partial charge on any atom is 0.230 e. The van der Waals surface area contributed by atoms with Gasteiger partial charge in [-0.1, -0.05) is 18.2 Å². The first-order valence-electron chi connectivity index (χ1n) is 7.68. The zero-order valence-corrected chi connectivity index (χ0v) is 14.2. The highest BCUT2D eigenvalue weighted by Crippen LogP contribution is 2.39. The van der Waals surface area contributed by atoms with Crippen molar-refractivity contribution in [2.45, 2.75) is 6.92 Å². The van der Waals surface area contributed by atoms with E-state index >= 15 is 0 Å². The number of rotatable bonds is 5. The van der Waals surface area contributed by atoms with Crippen LogP contribution in [0.4, 0.5) is 5.69 Å². The normalized spacial score (nSPS) is 10.4. The minimum atomic E-state index is -0.151. The lowest BCUT2D eigenvalue weighted by molar-refractivity contribution is -0.114. The summed E-state index contributed by atoms with van der Waals surface area (Å²) in [6.07, 6.45) is 1.62. The Kier molecular flexibility index (Phi) is 4.70. The van der Waals surface area contributed by atoms with Gasteiger partial charge in [0.15, 0.2) is 17.3 Å². The average molecular weight is 338 g/mol. The fraction of sp³-hybridized carbons (Fsp3) is 0.158. The van der Waals surface area contributed by atoms with E-state index in [2.05, 4.69) is 10.3 Å². The molecular weight excluding hydrogens is 320 g/mol. The van der Waals surface area contributed by atoms with Gasteiger partial charge in [-0.3, -0.25) is 4.79 Å². The van der Waals surface area contributed by atoms with Crippen molar-refractivity contribution in [1.82, 2.24) is 4.98 Å². The molecule has 6 heteroatoms. The number of amides is 1. The van der Waals surface area contributed by atoms with E-state index in [-0.39, 0.29) is 5.91 Å². The zero-order chi connectivity index (χ0) is 17.8. The van der Waals surface area contributed by atoms with Gasteiger partial charge in [0, 0.05) is 12.5 Å². The molecule has 3 aromatic rings. The van der Waals surface area contributed by atoms with Crippen molar-refractivity contribution in [3.63, 3.8) is 0 Å². The molecule has 1 aromatic heterocycles. The van der Waals surface area contributed by atoms with E-state index in [1.165, 1.54) is 6.92 Å². The summed E-state index contributed by atoms with van der Waals surface area (Å²) in [6.45, 7) is 1.46. The molecule has 0 bridgehead atoms. The van der Waals surface area contributed by atoms with Gasteiger partial charge >= 0.3 is 0 Å². The lowest BCUT2D eigenvalue weighted by atomic mass is 10.1. The first kappa shape index (κ1) is 16.6. The summed E-state index contributed by atoms with van der Waals surface area (Å²) < 4.78 is 16.7. The average Bonchev–Trinajstić information content (AvgIpc) is 3.10. The van der Waals surface area contributed by atoms with Gasteiger partial charge in [-0.2, -0.15) is 0 Å². The van der Waals surface area contributed by atoms with Crippen LogP contribution in [0.25, 0.3) is 22.8 Å². The number of hydrogen-bond donors (Lipinski definition) is 1. The van der Waals surface area contributed by atoms with Gasteiger partial charge in [0.25, 0.3) is 0 Å². The molecule has 0 fully saturated rings. The second-order valence-electron chi connectivity index (χ2n) is 5.30. The lowest BCUT2D eigenvalue weighted by Gasteiger charge is -2.10. The second kappa shape index (κ2) is 7.09. The van der Waals surface area contributed by atoms with Crippen LogP contribution in [-0.2, 0) is 4.79 Å². The number of aromatic nitrogens is 1. The van der Waals surface area contributed by atoms with Crippen molar-refractivity contribution in [3.05, 3.63) is 48.7 Å². The van der Waals surface area contributed by atoms with Crippen molar-refractivity contribution in [2.75, 3.05) is 19.5 Å². The van der Waals surface area contributed by atoms with Gasteiger partial charge < -0.3 is 19.2 Å². The topological polar surface area (TPSA) is 73.6 Å². The third-order valence-corrected chi connectivity index (χ3v) is 3.64. The molecule has 0 saturated carbocycles. The van der Waals surface area contributed by atoms with Gasteiger partial charge in [-0.05, 0) is 24.3 Å². The van der Waals surface area contributed by atoms with Crippen LogP contribution in [0.2, 0.25) is 0 Å². The molecule has 6 nitrogen and oxygen atoms in total. The lowest BCUT2D eigenvalue weighted by Crippen LogP contribution is -2.06. The molecule has 0 atom stereocenters. The molecule has 25 heavy (non-hydrogen) atoms. The molecule has 0 unspecified atom stereocenters. The Morgan fingerprint density at radius 3 is 2.52 bits per heavy atom. The zero-order valence-electron chi connectivity index (χ0n) is 14.2. The van der Waals surface area contributed by atoms with Crippen LogP contribution in [0.3, 0.4) is 0 Å². The Morgan fingerprint density at radius 2 is 1.80 bits per heavy atom. The minimum Gasteiger partial charge on any atom is -0.493 e. The summed E-state index contributed by atoms with van der Waals surface area (Å²) in [5, 5.41) is 2.79. The van der Waals surface area contributed by atoms with Crippen molar-refractivity contribution < 1.29 is 18.7 Å². The van der Waals surface area contributed by atoms with Gasteiger partial charge in [-0.25, -0.2) is 4.98 Å². The molecule has 3 rings (SSSR count). The standard InChI is InChI=1S/C19H18N2O4/c1-12(22)21-15-9-5-4-7-13(15)17-11-20-19(25-17)14-8-6-10-16(23-2)18(14)24-3/h4-11H,1-3H3,(H,21,22). The predicted molar refractivity (Wildman–Crippen MR) is 94.8 cm³/mol. The molecule has 2 aromatic carbocycles. The van der Waals surface area contributed by atoms with Gasteiger partial charge in [-0.15, -0.1) is 0 Å². The summed E-state index contributed by atoms with van der Waals surface area (Å²) in [6, 6.07) is 12.9.